The molecule has 27 heavy (non-hydrogen) atoms. The van der Waals surface area contributed by atoms with Crippen LogP contribution in [0.5, 0.6) is 11.5 Å². The summed E-state index contributed by atoms with van der Waals surface area (Å²) in [6.45, 7) is 1.81. The molecule has 0 radical (unpaired) electrons. The fourth-order valence-electron chi connectivity index (χ4n) is 2.59. The highest BCUT2D eigenvalue weighted by Gasteiger charge is 2.25. The number of carbonyl (C=O) groups is 1. The van der Waals surface area contributed by atoms with Crippen molar-refractivity contribution in [1.29, 1.82) is 0 Å². The quantitative estimate of drug-likeness (QED) is 0.753. The first-order valence-electron chi connectivity index (χ1n) is 8.02. The van der Waals surface area contributed by atoms with Crippen LogP contribution >= 0.6 is 11.6 Å². The van der Waals surface area contributed by atoms with Crippen molar-refractivity contribution in [2.24, 2.45) is 0 Å². The summed E-state index contributed by atoms with van der Waals surface area (Å²) in [5, 5.41) is 3.06. The number of methoxy groups -OCH3 is 2. The average molecular weight is 413 g/mol. The molecule has 9 heteroatoms. The third-order valence-electron chi connectivity index (χ3n) is 3.82. The van der Waals surface area contributed by atoms with E-state index < -0.39 is 15.9 Å². The highest BCUT2D eigenvalue weighted by molar-refractivity contribution is 7.92. The first kappa shape index (κ1) is 20.9. The Hall–Kier alpha value is -2.45. The Morgan fingerprint density at radius 1 is 1.15 bits per heavy atom. The number of hydrogen-bond donors (Lipinski definition) is 1. The van der Waals surface area contributed by atoms with Gasteiger partial charge in [-0.15, -0.1) is 0 Å². The van der Waals surface area contributed by atoms with Crippen molar-refractivity contribution in [2.75, 3.05) is 36.6 Å². The molecule has 7 nitrogen and oxygen atoms in total. The molecule has 2 aromatic rings. The maximum Gasteiger partial charge on any atom is 0.257 e. The molecule has 0 unspecified atom stereocenters. The van der Waals surface area contributed by atoms with Crippen LogP contribution in [0, 0.1) is 0 Å². The maximum absolute atomic E-state index is 12.9. The predicted octanol–water partition coefficient (Wildman–Crippen LogP) is 3.40. The van der Waals surface area contributed by atoms with Gasteiger partial charge in [0.1, 0.15) is 0 Å². The number of nitrogens with zero attached hydrogens (tertiary/aromatic N) is 1. The minimum absolute atomic E-state index is 0.111. The van der Waals surface area contributed by atoms with E-state index in [0.717, 1.165) is 10.6 Å². The molecular formula is C18H21ClN2O5S. The van der Waals surface area contributed by atoms with E-state index in [-0.39, 0.29) is 17.8 Å². The first-order chi connectivity index (χ1) is 12.7. The number of ether oxygens (including phenoxy) is 2. The Balaban J connectivity index is 2.61. The minimum Gasteiger partial charge on any atom is -0.493 e. The molecule has 0 spiro atoms. The number of halogens is 1. The lowest BCUT2D eigenvalue weighted by Gasteiger charge is -2.24. The molecule has 0 saturated carbocycles. The van der Waals surface area contributed by atoms with Crippen molar-refractivity contribution in [3.8, 4) is 11.5 Å². The van der Waals surface area contributed by atoms with Gasteiger partial charge < -0.3 is 14.8 Å². The second-order valence-corrected chi connectivity index (χ2v) is 7.90. The van der Waals surface area contributed by atoms with E-state index in [2.05, 4.69) is 5.32 Å². The van der Waals surface area contributed by atoms with Crippen LogP contribution in [0.3, 0.4) is 0 Å². The summed E-state index contributed by atoms with van der Waals surface area (Å²) in [7, 11) is -0.754. The number of amides is 1. The second-order valence-electron chi connectivity index (χ2n) is 5.59. The lowest BCUT2D eigenvalue weighted by Crippen LogP contribution is -2.31. The monoisotopic (exact) mass is 412 g/mol. The van der Waals surface area contributed by atoms with Gasteiger partial charge in [-0.05, 0) is 25.1 Å². The molecule has 0 aliphatic carbocycles. The summed E-state index contributed by atoms with van der Waals surface area (Å²) in [4.78, 5) is 12.9. The zero-order valence-corrected chi connectivity index (χ0v) is 17.0. The third-order valence-corrected chi connectivity index (χ3v) is 5.41. The number of hydrogen-bond acceptors (Lipinski definition) is 5. The summed E-state index contributed by atoms with van der Waals surface area (Å²) < 4.78 is 36.0. The molecule has 0 bridgehead atoms. The Morgan fingerprint density at radius 2 is 1.74 bits per heavy atom. The SMILES string of the molecule is CCN(c1cc(OC)c(OC)cc1C(=O)Nc1ccccc1Cl)S(C)(=O)=O. The van der Waals surface area contributed by atoms with Crippen LogP contribution in [0.1, 0.15) is 17.3 Å². The summed E-state index contributed by atoms with van der Waals surface area (Å²) >= 11 is 6.10. The maximum atomic E-state index is 12.9. The molecule has 0 aliphatic rings. The number of anilines is 2. The molecule has 0 heterocycles. The van der Waals surface area contributed by atoms with Gasteiger partial charge in [0, 0.05) is 12.6 Å². The normalized spacial score (nSPS) is 11.0. The number of para-hydroxylation sites is 1. The van der Waals surface area contributed by atoms with Gasteiger partial charge in [0.15, 0.2) is 11.5 Å². The van der Waals surface area contributed by atoms with Gasteiger partial charge in [-0.25, -0.2) is 8.42 Å². The Kier molecular flexibility index (Phi) is 6.56. The highest BCUT2D eigenvalue weighted by atomic mass is 35.5. The van der Waals surface area contributed by atoms with Crippen molar-refractivity contribution in [1.82, 2.24) is 0 Å². The number of nitrogens with one attached hydrogen (secondary N) is 1. The Morgan fingerprint density at radius 3 is 2.26 bits per heavy atom. The number of benzene rings is 2. The van der Waals surface area contributed by atoms with Crippen LogP contribution in [-0.4, -0.2) is 41.3 Å². The van der Waals surface area contributed by atoms with Gasteiger partial charge in [-0.2, -0.15) is 0 Å². The van der Waals surface area contributed by atoms with Crippen LogP contribution in [0.15, 0.2) is 36.4 Å². The van der Waals surface area contributed by atoms with Crippen LogP contribution in [-0.2, 0) is 10.0 Å². The largest absolute Gasteiger partial charge is 0.493 e. The lowest BCUT2D eigenvalue weighted by atomic mass is 10.1. The number of carbonyl (C=O) groups excluding carboxylic acids is 1. The second kappa shape index (κ2) is 8.49. The number of rotatable bonds is 7. The van der Waals surface area contributed by atoms with Gasteiger partial charge in [-0.3, -0.25) is 9.10 Å². The van der Waals surface area contributed by atoms with E-state index in [1.165, 1.54) is 26.4 Å². The molecule has 1 N–H and O–H groups in total. The van der Waals surface area contributed by atoms with Gasteiger partial charge >= 0.3 is 0 Å². The predicted molar refractivity (Wildman–Crippen MR) is 107 cm³/mol. The van der Waals surface area contributed by atoms with Gasteiger partial charge in [0.25, 0.3) is 5.91 Å². The smallest absolute Gasteiger partial charge is 0.257 e. The fourth-order valence-corrected chi connectivity index (χ4v) is 3.75. The van der Waals surface area contributed by atoms with E-state index in [1.54, 1.807) is 31.2 Å². The van der Waals surface area contributed by atoms with Crippen molar-refractivity contribution in [3.63, 3.8) is 0 Å². The molecule has 1 amide bonds. The summed E-state index contributed by atoms with van der Waals surface area (Å²) in [6, 6.07) is 9.66. The van der Waals surface area contributed by atoms with Crippen LogP contribution < -0.4 is 19.1 Å². The third kappa shape index (κ3) is 4.64. The van der Waals surface area contributed by atoms with Crippen molar-refractivity contribution >= 4 is 38.9 Å². The van der Waals surface area contributed by atoms with E-state index in [0.29, 0.717) is 22.2 Å². The Labute approximate surface area is 163 Å². The van der Waals surface area contributed by atoms with E-state index in [4.69, 9.17) is 21.1 Å². The number of sulfonamides is 1. The summed E-state index contributed by atoms with van der Waals surface area (Å²) in [5.74, 6) is 0.0835. The molecule has 2 rings (SSSR count). The van der Waals surface area contributed by atoms with Crippen molar-refractivity contribution in [2.45, 2.75) is 6.92 Å². The van der Waals surface area contributed by atoms with Crippen LogP contribution in [0.2, 0.25) is 5.02 Å². The average Bonchev–Trinajstić information content (AvgIpc) is 2.62. The molecule has 0 aromatic heterocycles. The molecule has 0 atom stereocenters. The van der Waals surface area contributed by atoms with Gasteiger partial charge in [0.05, 0.1) is 42.4 Å². The van der Waals surface area contributed by atoms with Gasteiger partial charge in [0.2, 0.25) is 10.0 Å². The molecule has 0 fully saturated rings. The zero-order chi connectivity index (χ0) is 20.2. The first-order valence-corrected chi connectivity index (χ1v) is 10.2. The topological polar surface area (TPSA) is 84.9 Å². The van der Waals surface area contributed by atoms with E-state index in [9.17, 15) is 13.2 Å². The van der Waals surface area contributed by atoms with E-state index in [1.807, 2.05) is 0 Å². The van der Waals surface area contributed by atoms with Crippen molar-refractivity contribution in [3.05, 3.63) is 47.0 Å². The Bertz CT molecular complexity index is 947. The fraction of sp³-hybridized carbons (Fsp3) is 0.278. The molecule has 146 valence electrons. The molecule has 0 saturated heterocycles. The van der Waals surface area contributed by atoms with E-state index >= 15 is 0 Å². The van der Waals surface area contributed by atoms with Gasteiger partial charge in [-0.1, -0.05) is 23.7 Å². The lowest BCUT2D eigenvalue weighted by molar-refractivity contribution is 0.102. The summed E-state index contributed by atoms with van der Waals surface area (Å²) in [6.07, 6.45) is 1.07. The standard InChI is InChI=1S/C18H21ClN2O5S/c1-5-21(27(4,23)24)15-11-17(26-3)16(25-2)10-12(15)18(22)20-14-9-7-6-8-13(14)19/h6-11H,5H2,1-4H3,(H,20,22). The minimum atomic E-state index is -3.62. The van der Waals surface area contributed by atoms with Crippen LogP contribution in [0.4, 0.5) is 11.4 Å². The zero-order valence-electron chi connectivity index (χ0n) is 15.4. The molecule has 0 aliphatic heterocycles. The highest BCUT2D eigenvalue weighted by Crippen LogP contribution is 2.36. The molecular weight excluding hydrogens is 392 g/mol. The van der Waals surface area contributed by atoms with Crippen LogP contribution in [0.25, 0.3) is 0 Å². The molecule has 2 aromatic carbocycles. The van der Waals surface area contributed by atoms with Crippen molar-refractivity contribution < 1.29 is 22.7 Å². The summed E-state index contributed by atoms with van der Waals surface area (Å²) in [5.41, 5.74) is 0.703.